The number of carbonyl (C=O) groups is 1. The molecule has 2 aliphatic carbocycles. The molecule has 5 heteroatoms. The molecule has 0 amide bonds. The molecule has 3 fully saturated rings. The van der Waals surface area contributed by atoms with Crippen LogP contribution in [0.5, 0.6) is 0 Å². The van der Waals surface area contributed by atoms with Gasteiger partial charge in [0.2, 0.25) is 0 Å². The molecule has 2 heterocycles. The average Bonchev–Trinajstić information content (AvgIpc) is 3.06. The highest BCUT2D eigenvalue weighted by Crippen LogP contribution is 2.56. The summed E-state index contributed by atoms with van der Waals surface area (Å²) in [6.07, 6.45) is 4.59. The Labute approximate surface area is 192 Å². The molecule has 2 saturated heterocycles. The van der Waals surface area contributed by atoms with Crippen LogP contribution in [0.25, 0.3) is 0 Å². The number of piperazine rings is 1. The van der Waals surface area contributed by atoms with E-state index in [4.69, 9.17) is 4.74 Å². The summed E-state index contributed by atoms with van der Waals surface area (Å²) < 4.78 is 5.86. The molecule has 32 heavy (non-hydrogen) atoms. The van der Waals surface area contributed by atoms with Crippen molar-refractivity contribution in [3.63, 3.8) is 0 Å². The maximum Gasteiger partial charge on any atom is 0.311 e. The molecule has 4 aliphatic rings. The molecule has 5 rings (SSSR count). The minimum absolute atomic E-state index is 0.0948. The molecular formula is C27H38N2O3. The molecule has 5 nitrogen and oxygen atoms in total. The van der Waals surface area contributed by atoms with Crippen molar-refractivity contribution in [1.29, 1.82) is 0 Å². The lowest BCUT2D eigenvalue weighted by atomic mass is 9.55. The van der Waals surface area contributed by atoms with Gasteiger partial charge in [0.05, 0.1) is 12.0 Å². The van der Waals surface area contributed by atoms with Gasteiger partial charge in [0.1, 0.15) is 6.10 Å². The van der Waals surface area contributed by atoms with Gasteiger partial charge in [-0.1, -0.05) is 43.2 Å². The van der Waals surface area contributed by atoms with Crippen LogP contribution in [0.15, 0.2) is 29.8 Å². The number of aliphatic hydroxyl groups excluding tert-OH is 1. The smallest absolute Gasteiger partial charge is 0.311 e. The third-order valence-electron chi connectivity index (χ3n) is 9.09. The summed E-state index contributed by atoms with van der Waals surface area (Å²) in [4.78, 5) is 17.8. The van der Waals surface area contributed by atoms with Crippen molar-refractivity contribution in [2.75, 3.05) is 37.6 Å². The fraction of sp³-hybridized carbons (Fsp3) is 0.667. The van der Waals surface area contributed by atoms with E-state index in [1.54, 1.807) is 0 Å². The number of hydrogen-bond donors (Lipinski definition) is 1. The van der Waals surface area contributed by atoms with Crippen LogP contribution in [-0.2, 0) is 9.53 Å². The maximum absolute atomic E-state index is 12.9. The van der Waals surface area contributed by atoms with E-state index in [0.29, 0.717) is 12.5 Å². The largest absolute Gasteiger partial charge is 0.461 e. The van der Waals surface area contributed by atoms with Crippen molar-refractivity contribution in [2.24, 2.45) is 23.2 Å². The second kappa shape index (κ2) is 8.18. The van der Waals surface area contributed by atoms with Crippen molar-refractivity contribution >= 4 is 11.7 Å². The van der Waals surface area contributed by atoms with Crippen LogP contribution in [0.2, 0.25) is 0 Å². The van der Waals surface area contributed by atoms with Gasteiger partial charge < -0.3 is 14.7 Å². The Kier molecular flexibility index (Phi) is 5.61. The second-order valence-corrected chi connectivity index (χ2v) is 10.9. The molecule has 2 aliphatic heterocycles. The molecule has 0 unspecified atom stereocenters. The van der Waals surface area contributed by atoms with Crippen LogP contribution in [0.3, 0.4) is 0 Å². The predicted molar refractivity (Wildman–Crippen MR) is 127 cm³/mol. The van der Waals surface area contributed by atoms with E-state index in [0.717, 1.165) is 45.4 Å². The number of benzene rings is 1. The lowest BCUT2D eigenvalue weighted by molar-refractivity contribution is -0.145. The molecule has 1 N–H and O–H groups in total. The number of rotatable bonds is 3. The van der Waals surface area contributed by atoms with Gasteiger partial charge in [0.25, 0.3) is 0 Å². The van der Waals surface area contributed by atoms with Crippen LogP contribution in [0.1, 0.15) is 44.2 Å². The Hall–Kier alpha value is -1.85. The van der Waals surface area contributed by atoms with Gasteiger partial charge in [-0.3, -0.25) is 9.69 Å². The number of hydrogen-bond acceptors (Lipinski definition) is 5. The van der Waals surface area contributed by atoms with E-state index >= 15 is 0 Å². The molecule has 0 radical (unpaired) electrons. The predicted octanol–water partition coefficient (Wildman–Crippen LogP) is 3.71. The fourth-order valence-corrected chi connectivity index (χ4v) is 6.88. The van der Waals surface area contributed by atoms with Gasteiger partial charge in [-0.2, -0.15) is 0 Å². The normalized spacial score (nSPS) is 37.5. The van der Waals surface area contributed by atoms with Gasteiger partial charge in [-0.15, -0.1) is 0 Å². The van der Waals surface area contributed by atoms with Crippen LogP contribution < -0.4 is 4.90 Å². The molecule has 6 atom stereocenters. The second-order valence-electron chi connectivity index (χ2n) is 10.9. The topological polar surface area (TPSA) is 53.0 Å². The summed E-state index contributed by atoms with van der Waals surface area (Å²) in [5.41, 5.74) is 5.01. The van der Waals surface area contributed by atoms with E-state index in [1.807, 2.05) is 0 Å². The Morgan fingerprint density at radius 3 is 2.66 bits per heavy atom. The monoisotopic (exact) mass is 438 g/mol. The van der Waals surface area contributed by atoms with E-state index in [9.17, 15) is 9.90 Å². The van der Waals surface area contributed by atoms with Crippen molar-refractivity contribution in [2.45, 2.75) is 59.2 Å². The molecule has 1 aromatic rings. The Morgan fingerprint density at radius 1 is 1.19 bits per heavy atom. The zero-order valence-corrected chi connectivity index (χ0v) is 20.0. The van der Waals surface area contributed by atoms with Crippen LogP contribution in [0, 0.1) is 37.0 Å². The van der Waals surface area contributed by atoms with Crippen molar-refractivity contribution < 1.29 is 14.6 Å². The van der Waals surface area contributed by atoms with Gasteiger partial charge in [-0.25, -0.2) is 0 Å². The number of aliphatic hydroxyl groups is 1. The van der Waals surface area contributed by atoms with E-state index in [2.05, 4.69) is 61.8 Å². The lowest BCUT2D eigenvalue weighted by Crippen LogP contribution is -2.55. The molecule has 174 valence electrons. The summed E-state index contributed by atoms with van der Waals surface area (Å²) in [6.45, 7) is 13.3. The van der Waals surface area contributed by atoms with Crippen molar-refractivity contribution in [3.05, 3.63) is 41.0 Å². The highest BCUT2D eigenvalue weighted by molar-refractivity contribution is 5.76. The third kappa shape index (κ3) is 3.49. The first-order valence-electron chi connectivity index (χ1n) is 12.4. The SMILES string of the molecule is Cc1ccc(N2CCN(C[C@H]3C(=O)O[C@@H]4CC5=CCC[C@H](C)[C@@]5(C)[C@@H](O)[C@H]43)CC2)c(C)c1. The summed E-state index contributed by atoms with van der Waals surface area (Å²) in [7, 11) is 0. The highest BCUT2D eigenvalue weighted by atomic mass is 16.6. The summed E-state index contributed by atoms with van der Waals surface area (Å²) in [6, 6.07) is 6.66. The first-order chi connectivity index (χ1) is 15.3. The van der Waals surface area contributed by atoms with Gasteiger partial charge in [0.15, 0.2) is 0 Å². The number of nitrogens with zero attached hydrogens (tertiary/aromatic N) is 2. The van der Waals surface area contributed by atoms with E-state index in [1.165, 1.54) is 22.4 Å². The number of ether oxygens (including phenoxy) is 1. The number of esters is 1. The Morgan fingerprint density at radius 2 is 1.94 bits per heavy atom. The van der Waals surface area contributed by atoms with Crippen molar-refractivity contribution in [1.82, 2.24) is 4.90 Å². The standard InChI is InChI=1S/C27H38N2O3/c1-17-8-9-22(18(2)14-17)29-12-10-28(11-13-29)16-21-24-23(32-26(21)31)15-20-7-5-6-19(3)27(20,4)25(24)30/h7-9,14,19,21,23-25,30H,5-6,10-13,15-16H2,1-4H3/t19-,21+,23+,24-,25-,27+/m0/s1. The number of aryl methyl sites for hydroxylation is 2. The number of fused-ring (bicyclic) bond motifs is 2. The molecule has 1 saturated carbocycles. The zero-order valence-electron chi connectivity index (χ0n) is 20.0. The Balaban J connectivity index is 1.27. The van der Waals surface area contributed by atoms with E-state index in [-0.39, 0.29) is 29.3 Å². The Bertz CT molecular complexity index is 919. The fourth-order valence-electron chi connectivity index (χ4n) is 6.88. The first kappa shape index (κ1) is 22.0. The van der Waals surface area contributed by atoms with Crippen molar-refractivity contribution in [3.8, 4) is 0 Å². The molecule has 1 aromatic carbocycles. The van der Waals surface area contributed by atoms with Crippen LogP contribution in [0.4, 0.5) is 5.69 Å². The van der Waals surface area contributed by atoms with Gasteiger partial charge in [-0.05, 0) is 44.2 Å². The van der Waals surface area contributed by atoms with Crippen LogP contribution in [-0.4, -0.2) is 60.9 Å². The van der Waals surface area contributed by atoms with Gasteiger partial charge >= 0.3 is 5.97 Å². The summed E-state index contributed by atoms with van der Waals surface area (Å²) in [5, 5.41) is 11.6. The van der Waals surface area contributed by atoms with Crippen LogP contribution >= 0.6 is 0 Å². The third-order valence-corrected chi connectivity index (χ3v) is 9.09. The van der Waals surface area contributed by atoms with Gasteiger partial charge in [0, 0.05) is 56.2 Å². The lowest BCUT2D eigenvalue weighted by Gasteiger charge is -2.52. The molecule has 0 aromatic heterocycles. The first-order valence-corrected chi connectivity index (χ1v) is 12.4. The number of anilines is 1. The molecule has 0 bridgehead atoms. The minimum Gasteiger partial charge on any atom is -0.461 e. The minimum atomic E-state index is -0.518. The number of allylic oxidation sites excluding steroid dienone is 1. The maximum atomic E-state index is 12.9. The average molecular weight is 439 g/mol. The zero-order chi connectivity index (χ0) is 22.6. The van der Waals surface area contributed by atoms with E-state index < -0.39 is 6.10 Å². The number of carbonyl (C=O) groups excluding carboxylic acids is 1. The summed E-state index contributed by atoms with van der Waals surface area (Å²) in [5.74, 6) is 0.000175. The quantitative estimate of drug-likeness (QED) is 0.576. The molecule has 0 spiro atoms. The summed E-state index contributed by atoms with van der Waals surface area (Å²) >= 11 is 0. The molecular weight excluding hydrogens is 400 g/mol. The highest BCUT2D eigenvalue weighted by Gasteiger charge is 2.59.